The van der Waals surface area contributed by atoms with Gasteiger partial charge in [-0.2, -0.15) is 0 Å². The third kappa shape index (κ3) is 9.10. The van der Waals surface area contributed by atoms with Gasteiger partial charge in [-0.1, -0.05) is 42.5 Å². The number of carbonyl (C=O) groups is 4. The molecule has 3 fully saturated rings. The summed E-state index contributed by atoms with van der Waals surface area (Å²) in [5.41, 5.74) is 4.37. The summed E-state index contributed by atoms with van der Waals surface area (Å²) in [7, 11) is 2.56. The number of imidazole rings is 2. The number of amides is 4. The number of aromatic amines is 2. The first kappa shape index (κ1) is 43.4. The SMILES string of the molecule is COC(=O)N[C@H](C(=O)N1CCC[C@H]1c1ncc(-c2ccc(-c3ccc4cc(-c5cnc([C@@H]6CCCN6C(=O)[C@H](NC(=O)OC)C6C=CCC=C6)[nH]5)ccc4n3)c(F)c2)[nH]1)C1CCOCC1. The van der Waals surface area contributed by atoms with Gasteiger partial charge in [-0.25, -0.2) is 28.9 Å². The van der Waals surface area contributed by atoms with Crippen LogP contribution in [0, 0.1) is 17.7 Å². The Labute approximate surface area is 375 Å². The molecular weight excluding hydrogens is 834 g/mol. The molecule has 6 heterocycles. The molecule has 0 saturated carbocycles. The Morgan fingerprint density at radius 2 is 1.34 bits per heavy atom. The van der Waals surface area contributed by atoms with E-state index in [4.69, 9.17) is 24.2 Å². The molecular formula is C48H52FN9O7. The molecule has 3 aliphatic heterocycles. The zero-order chi connectivity index (χ0) is 45.0. The molecule has 16 nitrogen and oxygen atoms in total. The number of alkyl carbamates (subject to hydrolysis) is 2. The Kier molecular flexibility index (Phi) is 12.7. The van der Waals surface area contributed by atoms with Gasteiger partial charge in [0, 0.05) is 54.3 Å². The lowest BCUT2D eigenvalue weighted by Crippen LogP contribution is -2.53. The monoisotopic (exact) mass is 885 g/mol. The van der Waals surface area contributed by atoms with Gasteiger partial charge < -0.3 is 44.6 Å². The van der Waals surface area contributed by atoms with Crippen LogP contribution >= 0.6 is 0 Å². The number of benzene rings is 2. The molecule has 4 aliphatic rings. The molecule has 4 atom stereocenters. The highest BCUT2D eigenvalue weighted by atomic mass is 19.1. The van der Waals surface area contributed by atoms with Crippen LogP contribution in [-0.2, 0) is 23.8 Å². The van der Waals surface area contributed by atoms with Crippen molar-refractivity contribution in [3.63, 3.8) is 0 Å². The van der Waals surface area contributed by atoms with Crippen molar-refractivity contribution >= 4 is 34.9 Å². The number of halogens is 1. The standard InChI is InChI=1S/C48H52FN9O7/c1-63-47(61)55-41(28-8-4-3-5-9-28)45(59)57-20-6-10-39(57)43-50-26-37(53-43)31-13-16-35-30(24-31)14-17-36(52-35)33-15-12-32(25-34(33)49)38-27-51-44(54-38)40-11-7-21-58(40)46(60)42(56-48(62)64-2)29-18-22-65-23-19-29/h4-5,8-9,12-17,24-29,39-42H,3,6-7,10-11,18-23H2,1-2H3,(H,50,53)(H,51,54)(H,55,61)(H,56,62)/t39-,40-,41+,42-/m0/s1. The Bertz CT molecular complexity index is 2630. The number of rotatable bonds is 11. The van der Waals surface area contributed by atoms with E-state index in [-0.39, 0.29) is 35.7 Å². The number of methoxy groups -OCH3 is 2. The van der Waals surface area contributed by atoms with Gasteiger partial charge in [-0.05, 0) is 81.2 Å². The first-order chi connectivity index (χ1) is 31.7. The van der Waals surface area contributed by atoms with Crippen molar-refractivity contribution in [2.24, 2.45) is 11.8 Å². The molecule has 65 heavy (non-hydrogen) atoms. The lowest BCUT2D eigenvalue weighted by molar-refractivity contribution is -0.137. The third-order valence-electron chi connectivity index (χ3n) is 13.0. The van der Waals surface area contributed by atoms with Gasteiger partial charge in [-0.15, -0.1) is 0 Å². The summed E-state index contributed by atoms with van der Waals surface area (Å²) >= 11 is 0. The zero-order valence-corrected chi connectivity index (χ0v) is 36.3. The summed E-state index contributed by atoms with van der Waals surface area (Å²) in [6.07, 6.45) is 15.0. The van der Waals surface area contributed by atoms with E-state index >= 15 is 4.39 Å². The van der Waals surface area contributed by atoms with Crippen molar-refractivity contribution in [3.05, 3.63) is 103 Å². The molecule has 9 rings (SSSR count). The highest BCUT2D eigenvalue weighted by Crippen LogP contribution is 2.36. The number of hydrogen-bond donors (Lipinski definition) is 4. The number of ether oxygens (including phenoxy) is 3. The molecule has 0 spiro atoms. The van der Waals surface area contributed by atoms with Gasteiger partial charge in [0.2, 0.25) is 11.8 Å². The summed E-state index contributed by atoms with van der Waals surface area (Å²) in [6.45, 7) is 2.11. The van der Waals surface area contributed by atoms with Crippen LogP contribution in [0.3, 0.4) is 0 Å². The molecule has 4 amide bonds. The second-order valence-electron chi connectivity index (χ2n) is 16.9. The van der Waals surface area contributed by atoms with Crippen LogP contribution in [0.2, 0.25) is 0 Å². The molecule has 1 aliphatic carbocycles. The van der Waals surface area contributed by atoms with Crippen LogP contribution in [0.4, 0.5) is 14.0 Å². The van der Waals surface area contributed by atoms with E-state index in [1.54, 1.807) is 34.3 Å². The van der Waals surface area contributed by atoms with Crippen LogP contribution in [0.15, 0.2) is 85.2 Å². The largest absolute Gasteiger partial charge is 0.453 e. The van der Waals surface area contributed by atoms with E-state index in [0.29, 0.717) is 85.2 Å². The number of aromatic nitrogens is 5. The minimum atomic E-state index is -0.811. The predicted molar refractivity (Wildman–Crippen MR) is 238 cm³/mol. The maximum atomic E-state index is 16.0. The fourth-order valence-electron chi connectivity index (χ4n) is 9.59. The van der Waals surface area contributed by atoms with Crippen molar-refractivity contribution in [1.29, 1.82) is 0 Å². The van der Waals surface area contributed by atoms with Crippen LogP contribution in [0.25, 0.3) is 44.7 Å². The van der Waals surface area contributed by atoms with Crippen molar-refractivity contribution < 1.29 is 37.8 Å². The van der Waals surface area contributed by atoms with E-state index in [2.05, 4.69) is 25.6 Å². The highest BCUT2D eigenvalue weighted by Gasteiger charge is 2.41. The maximum absolute atomic E-state index is 16.0. The Balaban J connectivity index is 0.881. The number of allylic oxidation sites excluding steroid dienone is 2. The van der Waals surface area contributed by atoms with Crippen LogP contribution in [0.1, 0.15) is 68.7 Å². The number of carbonyl (C=O) groups excluding carboxylic acids is 4. The summed E-state index contributed by atoms with van der Waals surface area (Å²) in [6, 6.07) is 12.3. The van der Waals surface area contributed by atoms with Crippen LogP contribution in [-0.4, -0.2) is 111 Å². The molecule has 17 heteroatoms. The summed E-state index contributed by atoms with van der Waals surface area (Å²) in [5, 5.41) is 6.38. The van der Waals surface area contributed by atoms with Crippen molar-refractivity contribution in [2.75, 3.05) is 40.5 Å². The third-order valence-corrected chi connectivity index (χ3v) is 13.0. The number of nitrogens with zero attached hydrogens (tertiary/aromatic N) is 5. The number of H-pyrrole nitrogens is 2. The highest BCUT2D eigenvalue weighted by molar-refractivity contribution is 5.88. The first-order valence-electron chi connectivity index (χ1n) is 22.2. The molecule has 3 saturated heterocycles. The molecule has 0 radical (unpaired) electrons. The quantitative estimate of drug-likeness (QED) is 0.0989. The van der Waals surface area contributed by atoms with Crippen molar-refractivity contribution in [1.82, 2.24) is 45.4 Å². The predicted octanol–water partition coefficient (Wildman–Crippen LogP) is 7.16. The van der Waals surface area contributed by atoms with Gasteiger partial charge in [0.15, 0.2) is 0 Å². The summed E-state index contributed by atoms with van der Waals surface area (Å²) < 4.78 is 31.2. The van der Waals surface area contributed by atoms with Gasteiger partial charge >= 0.3 is 12.2 Å². The molecule has 3 aromatic heterocycles. The van der Waals surface area contributed by atoms with E-state index < -0.39 is 30.1 Å². The molecule has 4 N–H and O–H groups in total. The smallest absolute Gasteiger partial charge is 0.407 e. The van der Waals surface area contributed by atoms with Crippen LogP contribution in [0.5, 0.6) is 0 Å². The number of hydrogen-bond acceptors (Lipinski definition) is 10. The Hall–Kier alpha value is -6.88. The van der Waals surface area contributed by atoms with E-state index in [0.717, 1.165) is 42.3 Å². The van der Waals surface area contributed by atoms with Gasteiger partial charge in [0.05, 0.1) is 61.3 Å². The second kappa shape index (κ2) is 19.1. The van der Waals surface area contributed by atoms with E-state index in [1.807, 2.05) is 54.6 Å². The topological polar surface area (TPSA) is 197 Å². The molecule has 2 aromatic carbocycles. The Morgan fingerprint density at radius 1 is 0.754 bits per heavy atom. The summed E-state index contributed by atoms with van der Waals surface area (Å²) in [4.78, 5) is 77.0. The average Bonchev–Trinajstić information content (AvgIpc) is 4.20. The number of fused-ring (bicyclic) bond motifs is 1. The van der Waals surface area contributed by atoms with Gasteiger partial charge in [0.1, 0.15) is 29.5 Å². The normalized spacial score (nSPS) is 19.9. The lowest BCUT2D eigenvalue weighted by atomic mass is 9.90. The molecule has 0 bridgehead atoms. The summed E-state index contributed by atoms with van der Waals surface area (Å²) in [5.74, 6) is 0.0683. The minimum absolute atomic E-state index is 0.0770. The number of likely N-dealkylation sites (tertiary alicyclic amines) is 2. The number of pyridine rings is 1. The number of nitrogens with one attached hydrogen (secondary N) is 4. The fourth-order valence-corrected chi connectivity index (χ4v) is 9.59. The lowest BCUT2D eigenvalue weighted by Gasteiger charge is -2.34. The Morgan fingerprint density at radius 3 is 1.95 bits per heavy atom. The first-order valence-corrected chi connectivity index (χ1v) is 22.2. The minimum Gasteiger partial charge on any atom is -0.453 e. The molecule has 338 valence electrons. The van der Waals surface area contributed by atoms with Crippen LogP contribution < -0.4 is 10.6 Å². The van der Waals surface area contributed by atoms with E-state index in [1.165, 1.54) is 20.3 Å². The van der Waals surface area contributed by atoms with E-state index in [9.17, 15) is 19.2 Å². The second-order valence-corrected chi connectivity index (χ2v) is 16.9. The molecule has 0 unspecified atom stereocenters. The zero-order valence-electron chi connectivity index (χ0n) is 36.3. The molecule has 5 aromatic rings. The maximum Gasteiger partial charge on any atom is 0.407 e. The van der Waals surface area contributed by atoms with Crippen molar-refractivity contribution in [3.8, 4) is 33.8 Å². The average molecular weight is 886 g/mol. The fraction of sp³-hybridized carbons (Fsp3) is 0.396. The van der Waals surface area contributed by atoms with Gasteiger partial charge in [-0.3, -0.25) is 9.59 Å². The van der Waals surface area contributed by atoms with Crippen molar-refractivity contribution in [2.45, 2.75) is 69.1 Å². The van der Waals surface area contributed by atoms with Gasteiger partial charge in [0.25, 0.3) is 0 Å².